The van der Waals surface area contributed by atoms with Gasteiger partial charge in [0.05, 0.1) is 6.54 Å². The first-order valence-corrected chi connectivity index (χ1v) is 7.14. The summed E-state index contributed by atoms with van der Waals surface area (Å²) in [6.07, 6.45) is 2.10. The number of aromatic amines is 1. The summed E-state index contributed by atoms with van der Waals surface area (Å²) in [5.41, 5.74) is 3.32. The molecular formula is C16H19N5. The number of aryl methyl sites for hydroxylation is 2. The van der Waals surface area contributed by atoms with Crippen molar-refractivity contribution in [3.63, 3.8) is 0 Å². The third kappa shape index (κ3) is 2.81. The normalized spacial score (nSPS) is 10.8. The fourth-order valence-electron chi connectivity index (χ4n) is 2.40. The number of H-pyrrole nitrogens is 1. The standard InChI is InChI=1S/C16H19N5/c1-3-21-10-6-7-13(21)11-17-15-9-5-4-8-14(15)16-18-12(2)19-20-16/h4-10,17H,3,11H2,1-2H3,(H,18,19,20). The van der Waals surface area contributed by atoms with Gasteiger partial charge in [-0.1, -0.05) is 12.1 Å². The van der Waals surface area contributed by atoms with Gasteiger partial charge in [0.2, 0.25) is 0 Å². The van der Waals surface area contributed by atoms with Gasteiger partial charge in [0.25, 0.3) is 0 Å². The lowest BCUT2D eigenvalue weighted by molar-refractivity contribution is 0.724. The van der Waals surface area contributed by atoms with Crippen LogP contribution in [-0.2, 0) is 13.1 Å². The van der Waals surface area contributed by atoms with Crippen LogP contribution in [0.4, 0.5) is 5.69 Å². The Morgan fingerprint density at radius 2 is 2.05 bits per heavy atom. The Hall–Kier alpha value is -2.56. The summed E-state index contributed by atoms with van der Waals surface area (Å²) in [6.45, 7) is 5.81. The predicted molar refractivity (Wildman–Crippen MR) is 84.0 cm³/mol. The van der Waals surface area contributed by atoms with Crippen molar-refractivity contribution < 1.29 is 0 Å². The predicted octanol–water partition coefficient (Wildman–Crippen LogP) is 3.21. The van der Waals surface area contributed by atoms with Crippen LogP contribution >= 0.6 is 0 Å². The van der Waals surface area contributed by atoms with Gasteiger partial charge in [-0.25, -0.2) is 4.98 Å². The van der Waals surface area contributed by atoms with Crippen LogP contribution in [0.2, 0.25) is 0 Å². The zero-order valence-corrected chi connectivity index (χ0v) is 12.3. The lowest BCUT2D eigenvalue weighted by Crippen LogP contribution is -2.06. The maximum Gasteiger partial charge on any atom is 0.183 e. The molecule has 0 aliphatic heterocycles. The zero-order chi connectivity index (χ0) is 14.7. The summed E-state index contributed by atoms with van der Waals surface area (Å²) in [4.78, 5) is 4.41. The highest BCUT2D eigenvalue weighted by Crippen LogP contribution is 2.25. The van der Waals surface area contributed by atoms with E-state index in [1.807, 2.05) is 25.1 Å². The number of nitrogens with zero attached hydrogens (tertiary/aromatic N) is 3. The van der Waals surface area contributed by atoms with Crippen LogP contribution in [-0.4, -0.2) is 19.7 Å². The first-order valence-electron chi connectivity index (χ1n) is 7.14. The molecule has 0 unspecified atom stereocenters. The lowest BCUT2D eigenvalue weighted by Gasteiger charge is -2.11. The monoisotopic (exact) mass is 281 g/mol. The number of para-hydroxylation sites is 1. The summed E-state index contributed by atoms with van der Waals surface area (Å²) in [5.74, 6) is 1.54. The number of hydrogen-bond donors (Lipinski definition) is 2. The molecule has 3 rings (SSSR count). The van der Waals surface area contributed by atoms with E-state index in [1.165, 1.54) is 5.69 Å². The third-order valence-corrected chi connectivity index (χ3v) is 3.49. The van der Waals surface area contributed by atoms with Crippen LogP contribution in [0.25, 0.3) is 11.4 Å². The molecule has 0 fully saturated rings. The quantitative estimate of drug-likeness (QED) is 0.755. The van der Waals surface area contributed by atoms with Crippen molar-refractivity contribution >= 4 is 5.69 Å². The lowest BCUT2D eigenvalue weighted by atomic mass is 10.1. The van der Waals surface area contributed by atoms with Gasteiger partial charge >= 0.3 is 0 Å². The van der Waals surface area contributed by atoms with Crippen molar-refractivity contribution in [1.82, 2.24) is 19.7 Å². The molecule has 21 heavy (non-hydrogen) atoms. The van der Waals surface area contributed by atoms with Crippen molar-refractivity contribution in [2.75, 3.05) is 5.32 Å². The van der Waals surface area contributed by atoms with Crippen molar-refractivity contribution in [2.45, 2.75) is 26.9 Å². The van der Waals surface area contributed by atoms with Crippen LogP contribution in [0.3, 0.4) is 0 Å². The minimum atomic E-state index is 0.724. The molecular weight excluding hydrogens is 262 g/mol. The minimum Gasteiger partial charge on any atom is -0.379 e. The minimum absolute atomic E-state index is 0.724. The SMILES string of the molecule is CCn1cccc1CNc1ccccc1-c1n[nH]c(C)n1. The van der Waals surface area contributed by atoms with E-state index >= 15 is 0 Å². The van der Waals surface area contributed by atoms with Gasteiger partial charge in [0.1, 0.15) is 5.82 Å². The van der Waals surface area contributed by atoms with Crippen molar-refractivity contribution in [3.8, 4) is 11.4 Å². The van der Waals surface area contributed by atoms with Gasteiger partial charge in [-0.3, -0.25) is 5.10 Å². The first-order chi connectivity index (χ1) is 10.3. The molecule has 0 spiro atoms. The van der Waals surface area contributed by atoms with E-state index < -0.39 is 0 Å². The Morgan fingerprint density at radius 3 is 2.81 bits per heavy atom. The Morgan fingerprint density at radius 1 is 1.19 bits per heavy atom. The van der Waals surface area contributed by atoms with Crippen molar-refractivity contribution in [3.05, 3.63) is 54.1 Å². The second kappa shape index (κ2) is 5.83. The molecule has 108 valence electrons. The van der Waals surface area contributed by atoms with Crippen LogP contribution in [0.15, 0.2) is 42.6 Å². The van der Waals surface area contributed by atoms with Gasteiger partial charge in [-0.2, -0.15) is 5.10 Å². The highest BCUT2D eigenvalue weighted by Gasteiger charge is 2.09. The molecule has 0 amide bonds. The highest BCUT2D eigenvalue weighted by molar-refractivity contribution is 5.73. The molecule has 5 nitrogen and oxygen atoms in total. The van der Waals surface area contributed by atoms with Crippen molar-refractivity contribution in [2.24, 2.45) is 0 Å². The molecule has 5 heteroatoms. The molecule has 3 aromatic rings. The molecule has 0 aliphatic rings. The summed E-state index contributed by atoms with van der Waals surface area (Å²) in [6, 6.07) is 12.3. The maximum absolute atomic E-state index is 4.41. The molecule has 2 aromatic heterocycles. The van der Waals surface area contributed by atoms with Crippen LogP contribution in [0.1, 0.15) is 18.4 Å². The average Bonchev–Trinajstić information content (AvgIpc) is 3.13. The Kier molecular flexibility index (Phi) is 3.73. The fraction of sp³-hybridized carbons (Fsp3) is 0.250. The number of nitrogens with one attached hydrogen (secondary N) is 2. The first kappa shape index (κ1) is 13.4. The molecule has 0 bridgehead atoms. The molecule has 0 saturated heterocycles. The van der Waals surface area contributed by atoms with E-state index in [2.05, 4.69) is 56.4 Å². The molecule has 0 atom stereocenters. The molecule has 0 saturated carbocycles. The fourth-order valence-corrected chi connectivity index (χ4v) is 2.40. The Bertz CT molecular complexity index is 726. The summed E-state index contributed by atoms with van der Waals surface area (Å²) in [7, 11) is 0. The number of anilines is 1. The van der Waals surface area contributed by atoms with Crippen LogP contribution in [0.5, 0.6) is 0 Å². The van der Waals surface area contributed by atoms with Gasteiger partial charge in [0.15, 0.2) is 5.82 Å². The summed E-state index contributed by atoms with van der Waals surface area (Å²) < 4.78 is 2.23. The molecule has 2 heterocycles. The Labute approximate surface area is 124 Å². The molecule has 1 aromatic carbocycles. The smallest absolute Gasteiger partial charge is 0.183 e. The van der Waals surface area contributed by atoms with Crippen LogP contribution < -0.4 is 5.32 Å². The Balaban J connectivity index is 1.83. The van der Waals surface area contributed by atoms with E-state index in [1.54, 1.807) is 0 Å². The number of hydrogen-bond acceptors (Lipinski definition) is 3. The van der Waals surface area contributed by atoms with E-state index in [0.717, 1.165) is 36.0 Å². The van der Waals surface area contributed by atoms with E-state index in [9.17, 15) is 0 Å². The summed E-state index contributed by atoms with van der Waals surface area (Å²) >= 11 is 0. The van der Waals surface area contributed by atoms with Gasteiger partial charge < -0.3 is 9.88 Å². The molecule has 0 aliphatic carbocycles. The van der Waals surface area contributed by atoms with E-state index in [0.29, 0.717) is 0 Å². The second-order valence-corrected chi connectivity index (χ2v) is 4.93. The average molecular weight is 281 g/mol. The third-order valence-electron chi connectivity index (χ3n) is 3.49. The van der Waals surface area contributed by atoms with Gasteiger partial charge in [0, 0.05) is 29.7 Å². The van der Waals surface area contributed by atoms with Gasteiger partial charge in [-0.15, -0.1) is 0 Å². The van der Waals surface area contributed by atoms with Crippen LogP contribution in [0, 0.1) is 6.92 Å². The number of rotatable bonds is 5. The van der Waals surface area contributed by atoms with Gasteiger partial charge in [-0.05, 0) is 38.1 Å². The van der Waals surface area contributed by atoms with E-state index in [4.69, 9.17) is 0 Å². The number of benzene rings is 1. The van der Waals surface area contributed by atoms with Crippen molar-refractivity contribution in [1.29, 1.82) is 0 Å². The maximum atomic E-state index is 4.41. The zero-order valence-electron chi connectivity index (χ0n) is 12.3. The highest BCUT2D eigenvalue weighted by atomic mass is 15.2. The molecule has 2 N–H and O–H groups in total. The topological polar surface area (TPSA) is 58.5 Å². The molecule has 0 radical (unpaired) electrons. The van der Waals surface area contributed by atoms with E-state index in [-0.39, 0.29) is 0 Å². The second-order valence-electron chi connectivity index (χ2n) is 4.93. The largest absolute Gasteiger partial charge is 0.379 e. The summed E-state index contributed by atoms with van der Waals surface area (Å²) in [5, 5.41) is 10.6. The number of aromatic nitrogens is 4.